The van der Waals surface area contributed by atoms with Crippen molar-refractivity contribution in [1.82, 2.24) is 4.90 Å². The SMILES string of the molecule is CCCC(N)C(=O)N(C)Cc1c(CC)oc2ccccc12.Cl. The van der Waals surface area contributed by atoms with Crippen molar-refractivity contribution in [1.29, 1.82) is 0 Å². The van der Waals surface area contributed by atoms with Crippen molar-refractivity contribution in [2.24, 2.45) is 5.73 Å². The lowest BCUT2D eigenvalue weighted by atomic mass is 10.1. The lowest BCUT2D eigenvalue weighted by molar-refractivity contribution is -0.131. The quantitative estimate of drug-likeness (QED) is 0.884. The van der Waals surface area contributed by atoms with Crippen molar-refractivity contribution in [2.75, 3.05) is 7.05 Å². The molecule has 1 atom stereocenters. The largest absolute Gasteiger partial charge is 0.461 e. The first-order chi connectivity index (χ1) is 10.1. The molecular formula is C17H25ClN2O2. The number of furan rings is 1. The summed E-state index contributed by atoms with van der Waals surface area (Å²) in [5.41, 5.74) is 7.89. The molecule has 0 fully saturated rings. The van der Waals surface area contributed by atoms with E-state index in [9.17, 15) is 4.79 Å². The highest BCUT2D eigenvalue weighted by Crippen LogP contribution is 2.27. The molecule has 0 bridgehead atoms. The van der Waals surface area contributed by atoms with E-state index in [1.165, 1.54) is 0 Å². The highest BCUT2D eigenvalue weighted by molar-refractivity contribution is 5.85. The molecule has 4 nitrogen and oxygen atoms in total. The summed E-state index contributed by atoms with van der Waals surface area (Å²) < 4.78 is 5.87. The fourth-order valence-electron chi connectivity index (χ4n) is 2.64. The van der Waals surface area contributed by atoms with Crippen LogP contribution in [0, 0.1) is 0 Å². The molecule has 1 amide bonds. The number of hydrogen-bond donors (Lipinski definition) is 1. The van der Waals surface area contributed by atoms with Crippen LogP contribution in [-0.4, -0.2) is 23.9 Å². The highest BCUT2D eigenvalue weighted by Gasteiger charge is 2.20. The van der Waals surface area contributed by atoms with Gasteiger partial charge >= 0.3 is 0 Å². The lowest BCUT2D eigenvalue weighted by Gasteiger charge is -2.21. The average Bonchev–Trinajstić information content (AvgIpc) is 2.84. The van der Waals surface area contributed by atoms with Crippen molar-refractivity contribution in [2.45, 2.75) is 45.7 Å². The number of fused-ring (bicyclic) bond motifs is 1. The number of carbonyl (C=O) groups excluding carboxylic acids is 1. The summed E-state index contributed by atoms with van der Waals surface area (Å²) in [5, 5.41) is 1.08. The molecule has 122 valence electrons. The van der Waals surface area contributed by atoms with Crippen molar-refractivity contribution in [3.8, 4) is 0 Å². The Morgan fingerprint density at radius 2 is 2.00 bits per heavy atom. The second kappa shape index (κ2) is 8.20. The topological polar surface area (TPSA) is 59.5 Å². The minimum Gasteiger partial charge on any atom is -0.461 e. The van der Waals surface area contributed by atoms with Crippen LogP contribution >= 0.6 is 12.4 Å². The van der Waals surface area contributed by atoms with Crippen molar-refractivity contribution >= 4 is 29.3 Å². The summed E-state index contributed by atoms with van der Waals surface area (Å²) in [6.45, 7) is 4.63. The van der Waals surface area contributed by atoms with E-state index in [2.05, 4.69) is 6.92 Å². The number of likely N-dealkylation sites (N-methyl/N-ethyl adjacent to an activating group) is 1. The average molecular weight is 325 g/mol. The first-order valence-corrected chi connectivity index (χ1v) is 7.58. The molecule has 2 N–H and O–H groups in total. The zero-order valence-corrected chi connectivity index (χ0v) is 14.3. The second-order valence-electron chi connectivity index (χ2n) is 5.44. The molecule has 0 spiro atoms. The third kappa shape index (κ3) is 3.81. The molecule has 5 heteroatoms. The maximum Gasteiger partial charge on any atom is 0.239 e. The fourth-order valence-corrected chi connectivity index (χ4v) is 2.64. The lowest BCUT2D eigenvalue weighted by Crippen LogP contribution is -2.41. The molecule has 2 aromatic rings. The molecule has 0 saturated heterocycles. The van der Waals surface area contributed by atoms with Gasteiger partial charge in [0.15, 0.2) is 0 Å². The van der Waals surface area contributed by atoms with Gasteiger partial charge in [-0.05, 0) is 12.5 Å². The van der Waals surface area contributed by atoms with Gasteiger partial charge < -0.3 is 15.1 Å². The van der Waals surface area contributed by atoms with Crippen LogP contribution in [0.5, 0.6) is 0 Å². The van der Waals surface area contributed by atoms with Gasteiger partial charge in [-0.25, -0.2) is 0 Å². The van der Waals surface area contributed by atoms with E-state index in [0.29, 0.717) is 6.54 Å². The standard InChI is InChI=1S/C17H24N2O2.ClH/c1-4-8-14(18)17(20)19(3)11-13-12-9-6-7-10-16(12)21-15(13)5-2;/h6-7,9-10,14H,4-5,8,11,18H2,1-3H3;1H. The first-order valence-electron chi connectivity index (χ1n) is 7.58. The number of para-hydroxylation sites is 1. The van der Waals surface area contributed by atoms with Crippen LogP contribution in [0.4, 0.5) is 0 Å². The fraction of sp³-hybridized carbons (Fsp3) is 0.471. The summed E-state index contributed by atoms with van der Waals surface area (Å²) in [4.78, 5) is 14.0. The number of aryl methyl sites for hydroxylation is 1. The van der Waals surface area contributed by atoms with Crippen LogP contribution in [-0.2, 0) is 17.8 Å². The summed E-state index contributed by atoms with van der Waals surface area (Å²) in [6.07, 6.45) is 2.44. The van der Waals surface area contributed by atoms with Crippen LogP contribution in [0.1, 0.15) is 38.0 Å². The van der Waals surface area contributed by atoms with Gasteiger partial charge in [-0.15, -0.1) is 12.4 Å². The van der Waals surface area contributed by atoms with Crippen LogP contribution in [0.25, 0.3) is 11.0 Å². The van der Waals surface area contributed by atoms with Crippen LogP contribution < -0.4 is 5.73 Å². The molecule has 0 aliphatic carbocycles. The Kier molecular flexibility index (Phi) is 6.91. The van der Waals surface area contributed by atoms with Crippen LogP contribution in [0.3, 0.4) is 0 Å². The Balaban J connectivity index is 0.00000242. The van der Waals surface area contributed by atoms with E-state index >= 15 is 0 Å². The number of halogens is 1. The van der Waals surface area contributed by atoms with Gasteiger partial charge in [-0.2, -0.15) is 0 Å². The zero-order chi connectivity index (χ0) is 15.4. The third-order valence-corrected chi connectivity index (χ3v) is 3.79. The smallest absolute Gasteiger partial charge is 0.239 e. The first kappa shape index (κ1) is 18.5. The number of carbonyl (C=O) groups is 1. The summed E-state index contributed by atoms with van der Waals surface area (Å²) in [6, 6.07) is 7.54. The molecule has 0 radical (unpaired) electrons. The van der Waals surface area contributed by atoms with Crippen molar-refractivity contribution in [3.05, 3.63) is 35.6 Å². The van der Waals surface area contributed by atoms with Gasteiger partial charge in [-0.1, -0.05) is 38.5 Å². The summed E-state index contributed by atoms with van der Waals surface area (Å²) in [5.74, 6) is 0.934. The molecule has 0 aliphatic heterocycles. The predicted octanol–water partition coefficient (Wildman–Crippen LogP) is 3.50. The van der Waals surface area contributed by atoms with Gasteiger partial charge in [-0.3, -0.25) is 4.79 Å². The minimum absolute atomic E-state index is 0. The number of nitrogens with two attached hydrogens (primary N) is 1. The molecule has 0 aliphatic rings. The van der Waals surface area contributed by atoms with Crippen LogP contribution in [0.2, 0.25) is 0 Å². The van der Waals surface area contributed by atoms with Gasteiger partial charge in [0.05, 0.1) is 6.04 Å². The number of rotatable bonds is 6. The molecule has 1 heterocycles. The maximum atomic E-state index is 12.3. The normalized spacial score (nSPS) is 12.0. The number of benzene rings is 1. The molecular weight excluding hydrogens is 300 g/mol. The Labute approximate surface area is 138 Å². The number of hydrogen-bond acceptors (Lipinski definition) is 3. The van der Waals surface area contributed by atoms with Crippen molar-refractivity contribution in [3.63, 3.8) is 0 Å². The Bertz CT molecular complexity index is 624. The van der Waals surface area contributed by atoms with E-state index < -0.39 is 6.04 Å². The third-order valence-electron chi connectivity index (χ3n) is 3.79. The monoisotopic (exact) mass is 324 g/mol. The van der Waals surface area contributed by atoms with E-state index in [1.807, 2.05) is 31.2 Å². The molecule has 0 saturated carbocycles. The molecule has 1 aromatic heterocycles. The Hall–Kier alpha value is -1.52. The Morgan fingerprint density at radius 3 is 2.64 bits per heavy atom. The Morgan fingerprint density at radius 1 is 1.32 bits per heavy atom. The number of amides is 1. The zero-order valence-electron chi connectivity index (χ0n) is 13.5. The summed E-state index contributed by atoms with van der Waals surface area (Å²) >= 11 is 0. The predicted molar refractivity (Wildman–Crippen MR) is 92.2 cm³/mol. The highest BCUT2D eigenvalue weighted by atomic mass is 35.5. The number of nitrogens with zero attached hydrogens (tertiary/aromatic N) is 1. The van der Waals surface area contributed by atoms with Gasteiger partial charge in [0, 0.05) is 31.0 Å². The maximum absolute atomic E-state index is 12.3. The van der Waals surface area contributed by atoms with E-state index in [0.717, 1.165) is 41.6 Å². The summed E-state index contributed by atoms with van der Waals surface area (Å²) in [7, 11) is 1.80. The van der Waals surface area contributed by atoms with Crippen molar-refractivity contribution < 1.29 is 9.21 Å². The van der Waals surface area contributed by atoms with Gasteiger partial charge in [0.25, 0.3) is 0 Å². The molecule has 22 heavy (non-hydrogen) atoms. The van der Waals surface area contributed by atoms with Crippen LogP contribution in [0.15, 0.2) is 28.7 Å². The van der Waals surface area contributed by atoms with E-state index in [-0.39, 0.29) is 18.3 Å². The molecule has 1 unspecified atom stereocenters. The molecule has 1 aromatic carbocycles. The minimum atomic E-state index is -0.414. The van der Waals surface area contributed by atoms with E-state index in [1.54, 1.807) is 11.9 Å². The van der Waals surface area contributed by atoms with E-state index in [4.69, 9.17) is 10.2 Å². The van der Waals surface area contributed by atoms with Gasteiger partial charge in [0.2, 0.25) is 5.91 Å². The molecule has 2 rings (SSSR count). The van der Waals surface area contributed by atoms with Gasteiger partial charge in [0.1, 0.15) is 11.3 Å². The second-order valence-corrected chi connectivity index (χ2v) is 5.44.